The van der Waals surface area contributed by atoms with Gasteiger partial charge >= 0.3 is 0 Å². The van der Waals surface area contributed by atoms with Crippen molar-refractivity contribution in [3.05, 3.63) is 57.6 Å². The van der Waals surface area contributed by atoms with Gasteiger partial charge in [-0.1, -0.05) is 29.8 Å². The van der Waals surface area contributed by atoms with E-state index in [1.807, 2.05) is 36.6 Å². The number of nitrogens with one attached hydrogen (secondary N) is 1. The molecule has 4 nitrogen and oxygen atoms in total. The van der Waals surface area contributed by atoms with E-state index in [1.165, 1.54) is 11.3 Å². The Kier molecular flexibility index (Phi) is 3.86. The van der Waals surface area contributed by atoms with Gasteiger partial charge in [-0.25, -0.2) is 9.97 Å². The number of fused-ring (bicyclic) bond motifs is 1. The van der Waals surface area contributed by atoms with Crippen LogP contribution in [0.2, 0.25) is 5.15 Å². The standard InChI is InChI=1S/C15H12ClN3OS/c1-9(15-17-6-7-21-15)18-14(20)11-8-13(16)19-12-5-3-2-4-10(11)12/h2-9H,1H3,(H,18,20). The summed E-state index contributed by atoms with van der Waals surface area (Å²) in [6, 6.07) is 8.88. The van der Waals surface area contributed by atoms with Crippen LogP contribution in [0.5, 0.6) is 0 Å². The summed E-state index contributed by atoms with van der Waals surface area (Å²) in [5.74, 6) is -0.182. The molecule has 1 N–H and O–H groups in total. The summed E-state index contributed by atoms with van der Waals surface area (Å²) in [6.07, 6.45) is 1.72. The number of para-hydroxylation sites is 1. The highest BCUT2D eigenvalue weighted by Crippen LogP contribution is 2.22. The first-order valence-electron chi connectivity index (χ1n) is 6.40. The molecule has 2 heterocycles. The fraction of sp³-hybridized carbons (Fsp3) is 0.133. The summed E-state index contributed by atoms with van der Waals surface area (Å²) in [6.45, 7) is 1.90. The second kappa shape index (κ2) is 5.79. The number of amides is 1. The zero-order valence-corrected chi connectivity index (χ0v) is 12.8. The van der Waals surface area contributed by atoms with E-state index in [1.54, 1.807) is 12.3 Å². The molecule has 0 fully saturated rings. The van der Waals surface area contributed by atoms with E-state index >= 15 is 0 Å². The number of benzene rings is 1. The van der Waals surface area contributed by atoms with Crippen LogP contribution in [0.4, 0.5) is 0 Å². The van der Waals surface area contributed by atoms with Gasteiger partial charge in [0.05, 0.1) is 17.1 Å². The van der Waals surface area contributed by atoms with Crippen molar-refractivity contribution in [3.63, 3.8) is 0 Å². The SMILES string of the molecule is CC(NC(=O)c1cc(Cl)nc2ccccc12)c1nccs1. The van der Waals surface area contributed by atoms with E-state index in [0.29, 0.717) is 16.2 Å². The lowest BCUT2D eigenvalue weighted by Gasteiger charge is -2.12. The number of carbonyl (C=O) groups excluding carboxylic acids is 1. The van der Waals surface area contributed by atoms with Crippen LogP contribution in [0.15, 0.2) is 41.9 Å². The topological polar surface area (TPSA) is 54.9 Å². The summed E-state index contributed by atoms with van der Waals surface area (Å²) >= 11 is 7.51. The van der Waals surface area contributed by atoms with Gasteiger partial charge in [-0.05, 0) is 19.1 Å². The van der Waals surface area contributed by atoms with Crippen molar-refractivity contribution in [2.45, 2.75) is 13.0 Å². The molecular formula is C15H12ClN3OS. The zero-order chi connectivity index (χ0) is 14.8. The quantitative estimate of drug-likeness (QED) is 0.747. The number of nitrogens with zero attached hydrogens (tertiary/aromatic N) is 2. The predicted octanol–water partition coefficient (Wildman–Crippen LogP) is 3.84. The molecule has 3 aromatic rings. The van der Waals surface area contributed by atoms with Gasteiger partial charge in [0.1, 0.15) is 10.2 Å². The molecule has 0 aliphatic carbocycles. The summed E-state index contributed by atoms with van der Waals surface area (Å²) in [5, 5.41) is 6.78. The second-order valence-electron chi connectivity index (χ2n) is 4.58. The van der Waals surface area contributed by atoms with Crippen molar-refractivity contribution in [3.8, 4) is 0 Å². The van der Waals surface area contributed by atoms with Crippen molar-refractivity contribution in [2.75, 3.05) is 0 Å². The number of hydrogen-bond acceptors (Lipinski definition) is 4. The highest BCUT2D eigenvalue weighted by atomic mass is 35.5. The minimum atomic E-state index is -0.182. The number of pyridine rings is 1. The maximum Gasteiger partial charge on any atom is 0.252 e. The first-order valence-corrected chi connectivity index (χ1v) is 7.66. The molecular weight excluding hydrogens is 306 g/mol. The Morgan fingerprint density at radius 3 is 2.95 bits per heavy atom. The van der Waals surface area contributed by atoms with E-state index in [0.717, 1.165) is 10.4 Å². The van der Waals surface area contributed by atoms with Crippen LogP contribution in [0.3, 0.4) is 0 Å². The fourth-order valence-corrected chi connectivity index (χ4v) is 2.96. The van der Waals surface area contributed by atoms with Crippen LogP contribution in [-0.2, 0) is 0 Å². The molecule has 0 saturated carbocycles. The molecule has 0 bridgehead atoms. The third-order valence-electron chi connectivity index (χ3n) is 3.10. The maximum absolute atomic E-state index is 12.5. The highest BCUT2D eigenvalue weighted by Gasteiger charge is 2.16. The fourth-order valence-electron chi connectivity index (χ4n) is 2.12. The Bertz CT molecular complexity index is 789. The Hall–Kier alpha value is -1.98. The minimum absolute atomic E-state index is 0.150. The first-order chi connectivity index (χ1) is 10.1. The minimum Gasteiger partial charge on any atom is -0.343 e. The van der Waals surface area contributed by atoms with E-state index in [2.05, 4.69) is 15.3 Å². The van der Waals surface area contributed by atoms with Gasteiger partial charge in [0.15, 0.2) is 0 Å². The first kappa shape index (κ1) is 14.0. The summed E-state index contributed by atoms with van der Waals surface area (Å²) in [7, 11) is 0. The van der Waals surface area contributed by atoms with Crippen molar-refractivity contribution < 1.29 is 4.79 Å². The summed E-state index contributed by atoms with van der Waals surface area (Å²) < 4.78 is 0. The van der Waals surface area contributed by atoms with Crippen molar-refractivity contribution in [2.24, 2.45) is 0 Å². The lowest BCUT2D eigenvalue weighted by atomic mass is 10.1. The zero-order valence-electron chi connectivity index (χ0n) is 11.2. The van der Waals surface area contributed by atoms with Gasteiger partial charge in [-0.2, -0.15) is 0 Å². The molecule has 0 aliphatic heterocycles. The van der Waals surface area contributed by atoms with Gasteiger partial charge in [0, 0.05) is 17.0 Å². The normalized spacial score (nSPS) is 12.3. The average molecular weight is 318 g/mol. The smallest absolute Gasteiger partial charge is 0.252 e. The average Bonchev–Trinajstić information content (AvgIpc) is 3.00. The van der Waals surface area contributed by atoms with Crippen LogP contribution in [-0.4, -0.2) is 15.9 Å². The summed E-state index contributed by atoms with van der Waals surface area (Å²) in [5.41, 5.74) is 1.23. The Labute approximate surface area is 130 Å². The molecule has 0 spiro atoms. The Morgan fingerprint density at radius 2 is 2.19 bits per heavy atom. The molecule has 0 saturated heterocycles. The molecule has 1 unspecified atom stereocenters. The lowest BCUT2D eigenvalue weighted by Crippen LogP contribution is -2.26. The van der Waals surface area contributed by atoms with Crippen LogP contribution >= 0.6 is 22.9 Å². The molecule has 21 heavy (non-hydrogen) atoms. The van der Waals surface area contributed by atoms with Crippen LogP contribution in [0, 0.1) is 0 Å². The van der Waals surface area contributed by atoms with Gasteiger partial charge in [-0.15, -0.1) is 11.3 Å². The van der Waals surface area contributed by atoms with Crippen molar-refractivity contribution in [1.29, 1.82) is 0 Å². The highest BCUT2D eigenvalue weighted by molar-refractivity contribution is 7.09. The molecule has 2 aromatic heterocycles. The van der Waals surface area contributed by atoms with Gasteiger partial charge in [0.25, 0.3) is 5.91 Å². The van der Waals surface area contributed by atoms with Crippen LogP contribution in [0.25, 0.3) is 10.9 Å². The number of aromatic nitrogens is 2. The molecule has 6 heteroatoms. The number of halogens is 1. The van der Waals surface area contributed by atoms with E-state index < -0.39 is 0 Å². The molecule has 106 valence electrons. The third-order valence-corrected chi connectivity index (χ3v) is 4.25. The number of hydrogen-bond donors (Lipinski definition) is 1. The monoisotopic (exact) mass is 317 g/mol. The molecule has 1 aromatic carbocycles. The number of rotatable bonds is 3. The molecule has 1 amide bonds. The molecule has 0 radical (unpaired) electrons. The van der Waals surface area contributed by atoms with E-state index in [9.17, 15) is 4.79 Å². The van der Waals surface area contributed by atoms with Crippen LogP contribution in [0.1, 0.15) is 28.3 Å². The van der Waals surface area contributed by atoms with Crippen LogP contribution < -0.4 is 5.32 Å². The van der Waals surface area contributed by atoms with Gasteiger partial charge in [-0.3, -0.25) is 4.79 Å². The lowest BCUT2D eigenvalue weighted by molar-refractivity contribution is 0.0941. The van der Waals surface area contributed by atoms with Crippen molar-refractivity contribution >= 4 is 39.7 Å². The predicted molar refractivity (Wildman–Crippen MR) is 84.7 cm³/mol. The van der Waals surface area contributed by atoms with Gasteiger partial charge in [0.2, 0.25) is 0 Å². The maximum atomic E-state index is 12.5. The largest absolute Gasteiger partial charge is 0.343 e. The Balaban J connectivity index is 1.94. The van der Waals surface area contributed by atoms with E-state index in [4.69, 9.17) is 11.6 Å². The van der Waals surface area contributed by atoms with Gasteiger partial charge < -0.3 is 5.32 Å². The third kappa shape index (κ3) is 2.89. The van der Waals surface area contributed by atoms with Crippen molar-refractivity contribution in [1.82, 2.24) is 15.3 Å². The number of carbonyl (C=O) groups is 1. The molecule has 3 rings (SSSR count). The Morgan fingerprint density at radius 1 is 1.38 bits per heavy atom. The number of thiazole rings is 1. The molecule has 0 aliphatic rings. The molecule has 1 atom stereocenters. The second-order valence-corrected chi connectivity index (χ2v) is 5.89. The van der Waals surface area contributed by atoms with E-state index in [-0.39, 0.29) is 11.9 Å². The summed E-state index contributed by atoms with van der Waals surface area (Å²) in [4.78, 5) is 20.9.